The molecule has 5 rings (SSSR count). The summed E-state index contributed by atoms with van der Waals surface area (Å²) in [5.74, 6) is -1.78. The van der Waals surface area contributed by atoms with Crippen LogP contribution in [0.25, 0.3) is 0 Å². The van der Waals surface area contributed by atoms with Gasteiger partial charge in [0.1, 0.15) is 11.7 Å². The van der Waals surface area contributed by atoms with E-state index in [0.29, 0.717) is 17.6 Å². The zero-order valence-electron chi connectivity index (χ0n) is 23.6. The summed E-state index contributed by atoms with van der Waals surface area (Å²) in [7, 11) is -2.53. The summed E-state index contributed by atoms with van der Waals surface area (Å²) >= 11 is 0. The summed E-state index contributed by atoms with van der Waals surface area (Å²) in [5, 5.41) is 48.2. The molecule has 0 spiro atoms. The predicted octanol–water partition coefficient (Wildman–Crippen LogP) is 2.06. The molecule has 8 unspecified atom stereocenters. The van der Waals surface area contributed by atoms with Crippen LogP contribution in [0.2, 0.25) is 13.1 Å². The number of hydrogen-bond acceptors (Lipinski definition) is 7. The van der Waals surface area contributed by atoms with E-state index >= 15 is 0 Å². The molecule has 1 radical (unpaired) electrons. The average molecular weight is 758 g/mol. The molecule has 1 aromatic rings. The second kappa shape index (κ2) is 9.81. The van der Waals surface area contributed by atoms with Crippen LogP contribution >= 0.6 is 0 Å². The van der Waals surface area contributed by atoms with Gasteiger partial charge in [-0.25, -0.2) is 0 Å². The number of aliphatic hydroxyl groups is 4. The van der Waals surface area contributed by atoms with Crippen LogP contribution < -0.4 is 5.19 Å². The van der Waals surface area contributed by atoms with E-state index in [1.54, 1.807) is 13.8 Å². The van der Waals surface area contributed by atoms with E-state index in [1.165, 1.54) is 0 Å². The number of benzene rings is 1. The number of carbonyl (C=O) groups excluding carboxylic acids is 1. The first-order valence-electron chi connectivity index (χ1n) is 13.4. The Morgan fingerprint density at radius 2 is 1.68 bits per heavy atom. The number of rotatable bonds is 3. The molecule has 3 fully saturated rings. The third kappa shape index (κ3) is 4.01. The van der Waals surface area contributed by atoms with Gasteiger partial charge in [-0.05, 0) is 49.2 Å². The maximum atomic E-state index is 14.5. The summed E-state index contributed by atoms with van der Waals surface area (Å²) in [6, 6.07) is 9.97. The van der Waals surface area contributed by atoms with Crippen LogP contribution in [0.15, 0.2) is 41.5 Å². The monoisotopic (exact) mass is 757 g/mol. The quantitative estimate of drug-likeness (QED) is 0.276. The van der Waals surface area contributed by atoms with Crippen LogP contribution in [0.1, 0.15) is 47.5 Å². The van der Waals surface area contributed by atoms with Crippen molar-refractivity contribution in [3.8, 4) is 0 Å². The predicted molar refractivity (Wildman–Crippen MR) is 142 cm³/mol. The molecule has 1 aromatic carbocycles. The maximum absolute atomic E-state index is 14.5. The van der Waals surface area contributed by atoms with E-state index in [9.17, 15) is 25.2 Å². The summed E-state index contributed by atoms with van der Waals surface area (Å²) in [6.45, 7) is 13.3. The first kappa shape index (κ1) is 31.0. The Morgan fingerprint density at radius 1 is 1.08 bits per heavy atom. The minimum absolute atomic E-state index is 0. The van der Waals surface area contributed by atoms with Crippen molar-refractivity contribution >= 4 is 19.3 Å². The van der Waals surface area contributed by atoms with Crippen LogP contribution in [0, 0.1) is 66.7 Å². The number of carbonyl (C=O) groups is 1. The number of ether oxygens (including phenoxy) is 1. The fourth-order valence-electron chi connectivity index (χ4n) is 8.41. The molecule has 7 nitrogen and oxygen atoms in total. The minimum Gasteiger partial charge on any atom is -0.409 e. The topological polar surface area (TPSA) is 116 Å². The van der Waals surface area contributed by atoms with Gasteiger partial charge in [-0.3, -0.25) is 4.79 Å². The second-order valence-electron chi connectivity index (χ2n) is 13.2. The third-order valence-electron chi connectivity index (χ3n) is 10.8. The molecular weight excluding hydrogens is 715 g/mol. The van der Waals surface area contributed by atoms with Crippen molar-refractivity contribution in [2.75, 3.05) is 6.61 Å². The van der Waals surface area contributed by atoms with Crippen LogP contribution in [0.4, 0.5) is 0 Å². The largest absolute Gasteiger partial charge is 0.409 e. The molecule has 38 heavy (non-hydrogen) atoms. The molecule has 9 atom stereocenters. The molecule has 1 saturated heterocycles. The molecule has 0 aromatic heterocycles. The third-order valence-corrected chi connectivity index (χ3v) is 13.3. The van der Waals surface area contributed by atoms with E-state index < -0.39 is 72.4 Å². The molecule has 1 heterocycles. The molecular formula is C29H42AcO7Si. The summed E-state index contributed by atoms with van der Waals surface area (Å²) < 4.78 is 12.8. The number of aliphatic hydroxyl groups excluding tert-OH is 2. The molecule has 3 aliphatic carbocycles. The minimum atomic E-state index is -2.53. The van der Waals surface area contributed by atoms with E-state index in [4.69, 9.17) is 9.16 Å². The van der Waals surface area contributed by atoms with Crippen LogP contribution in [0.5, 0.6) is 0 Å². The van der Waals surface area contributed by atoms with Gasteiger partial charge in [-0.2, -0.15) is 0 Å². The Bertz CT molecular complexity index is 1140. The van der Waals surface area contributed by atoms with Crippen molar-refractivity contribution in [3.63, 3.8) is 0 Å². The van der Waals surface area contributed by atoms with Gasteiger partial charge in [-0.1, -0.05) is 51.1 Å². The van der Waals surface area contributed by atoms with Gasteiger partial charge in [0, 0.05) is 68.2 Å². The summed E-state index contributed by atoms with van der Waals surface area (Å²) in [4.78, 5) is 14.5. The van der Waals surface area contributed by atoms with Crippen molar-refractivity contribution in [1.29, 1.82) is 0 Å². The van der Waals surface area contributed by atoms with Crippen LogP contribution in [-0.4, -0.2) is 76.8 Å². The Hall–Kier alpha value is 0.0484. The van der Waals surface area contributed by atoms with Crippen LogP contribution in [-0.2, 0) is 14.0 Å². The van der Waals surface area contributed by atoms with Gasteiger partial charge in [0.15, 0.2) is 5.78 Å². The summed E-state index contributed by atoms with van der Waals surface area (Å²) in [5.41, 5.74) is -4.24. The van der Waals surface area contributed by atoms with Gasteiger partial charge in [0.2, 0.25) is 8.32 Å². The normalized spacial score (nSPS) is 44.1. The molecule has 2 bridgehead atoms. The van der Waals surface area contributed by atoms with Crippen molar-refractivity contribution in [3.05, 3.63) is 41.5 Å². The first-order valence-corrected chi connectivity index (χ1v) is 16.4. The van der Waals surface area contributed by atoms with Crippen molar-refractivity contribution < 1.29 is 78.4 Å². The van der Waals surface area contributed by atoms with Crippen LogP contribution in [0.3, 0.4) is 0 Å². The van der Waals surface area contributed by atoms with Gasteiger partial charge < -0.3 is 29.6 Å². The first-order chi connectivity index (χ1) is 17.0. The smallest absolute Gasteiger partial charge is 0.218 e. The summed E-state index contributed by atoms with van der Waals surface area (Å²) in [6.07, 6.45) is -3.33. The van der Waals surface area contributed by atoms with Gasteiger partial charge in [0.25, 0.3) is 0 Å². The van der Waals surface area contributed by atoms with E-state index in [2.05, 4.69) is 13.1 Å². The molecule has 0 amide bonds. The fraction of sp³-hybridized carbons (Fsp3) is 0.690. The number of hydrogen-bond donors (Lipinski definition) is 4. The fourth-order valence-corrected chi connectivity index (χ4v) is 10.6. The molecule has 9 heteroatoms. The van der Waals surface area contributed by atoms with E-state index in [1.807, 2.05) is 51.1 Å². The van der Waals surface area contributed by atoms with E-state index in [-0.39, 0.29) is 57.1 Å². The van der Waals surface area contributed by atoms with Gasteiger partial charge >= 0.3 is 0 Å². The molecule has 4 N–H and O–H groups in total. The maximum Gasteiger partial charge on any atom is 0.218 e. The van der Waals surface area contributed by atoms with Gasteiger partial charge in [-0.15, -0.1) is 0 Å². The molecule has 4 aliphatic rings. The number of Topliss-reactive ketones (excluding diaryl/α,β-unsaturated/α-hetero) is 1. The Morgan fingerprint density at radius 3 is 2.24 bits per heavy atom. The molecule has 207 valence electrons. The standard InChI is InChI=1S/C29H42O7Si.Ac/c1-16-19(30)14-29(34)17(2)24-27(5,25(32)23(31)22(16)26(29,3)4)20(13-21-28(24,33)15-35-21)36-37(6,7)18-11-9-8-10-12-18;/h8-12,17,19-21,23-24,30-31,33-34H,13-15H2,1-7H3;/t17?,19?,20?,21?,23?,24?,27-,28?,29?;/m1./s1. The van der Waals surface area contributed by atoms with Crippen molar-refractivity contribution in [2.45, 2.75) is 96.2 Å². The Labute approximate surface area is 262 Å². The average Bonchev–Trinajstić information content (AvgIpc) is 2.83. The zero-order chi connectivity index (χ0) is 27.3. The Balaban J connectivity index is 0.00000336. The molecule has 1 aliphatic heterocycles. The second-order valence-corrected chi connectivity index (χ2v) is 17.0. The van der Waals surface area contributed by atoms with E-state index in [0.717, 1.165) is 5.19 Å². The van der Waals surface area contributed by atoms with Crippen molar-refractivity contribution in [2.24, 2.45) is 22.7 Å². The molecule has 2 saturated carbocycles. The Kier molecular flexibility index (Phi) is 8.00. The van der Waals surface area contributed by atoms with Gasteiger partial charge in [0.05, 0.1) is 35.9 Å². The zero-order valence-corrected chi connectivity index (χ0v) is 29.3. The van der Waals surface area contributed by atoms with Crippen molar-refractivity contribution in [1.82, 2.24) is 0 Å². The number of fused-ring (bicyclic) bond motifs is 5. The SMILES string of the molecule is CC1=C2C(O)C(=O)[C@]3(C)C(O[Si](C)(C)c4ccccc4)CC4OCC4(O)C3C(C)C(O)(CC1O)C2(C)C.[Ac]. The number of ketones is 1.